The van der Waals surface area contributed by atoms with Crippen LogP contribution >= 0.6 is 0 Å². The van der Waals surface area contributed by atoms with E-state index in [1.807, 2.05) is 0 Å². The average molecular weight is 472 g/mol. The number of aliphatic hydroxyl groups is 1. The van der Waals surface area contributed by atoms with Crippen LogP contribution in [0.1, 0.15) is 35.9 Å². The van der Waals surface area contributed by atoms with E-state index in [9.17, 15) is 14.4 Å². The summed E-state index contributed by atoms with van der Waals surface area (Å²) < 4.78 is 16.7. The molecule has 10 heteroatoms. The van der Waals surface area contributed by atoms with E-state index in [1.54, 1.807) is 55.5 Å². The average Bonchev–Trinajstić information content (AvgIpc) is 2.84. The molecule has 0 unspecified atom stereocenters. The maximum atomic E-state index is 12.7. The third-order valence-electron chi connectivity index (χ3n) is 4.55. The topological polar surface area (TPSA) is 143 Å². The minimum absolute atomic E-state index is 0.0983. The molecule has 0 saturated heterocycles. The summed E-state index contributed by atoms with van der Waals surface area (Å²) in [6.45, 7) is 3.43. The zero-order valence-corrected chi connectivity index (χ0v) is 18.9. The zero-order valence-electron chi connectivity index (χ0n) is 18.9. The molecule has 0 saturated carbocycles. The number of hydrogen-bond donors (Lipinski definition) is 4. The quantitative estimate of drug-likeness (QED) is 0.160. The molecule has 2 rings (SSSR count). The summed E-state index contributed by atoms with van der Waals surface area (Å²) >= 11 is 0. The van der Waals surface area contributed by atoms with Gasteiger partial charge in [-0.1, -0.05) is 12.1 Å². The predicted molar refractivity (Wildman–Crippen MR) is 123 cm³/mol. The second-order valence-corrected chi connectivity index (χ2v) is 6.98. The number of benzene rings is 2. The number of nitrogens with one attached hydrogen (secondary N) is 2. The number of Topliss-reactive ketones (excluding diaryl/α,β-unsaturated/α-hetero) is 1. The maximum absolute atomic E-state index is 12.7. The lowest BCUT2D eigenvalue weighted by Gasteiger charge is -2.25. The Kier molecular flexibility index (Phi) is 10.7. The highest BCUT2D eigenvalue weighted by atomic mass is 16.6. The van der Waals surface area contributed by atoms with Gasteiger partial charge in [0, 0.05) is 23.9 Å². The molecule has 0 heterocycles. The number of rotatable bonds is 12. The van der Waals surface area contributed by atoms with Crippen LogP contribution in [0.25, 0.3) is 0 Å². The predicted octanol–water partition coefficient (Wildman–Crippen LogP) is 3.02. The normalized spacial score (nSPS) is 12.6. The highest BCUT2D eigenvalue weighted by Crippen LogP contribution is 2.27. The molecule has 0 spiro atoms. The van der Waals surface area contributed by atoms with Crippen LogP contribution in [0.5, 0.6) is 5.75 Å². The van der Waals surface area contributed by atoms with E-state index >= 15 is 0 Å². The first kappa shape index (κ1) is 26.5. The SMILES string of the molecule is CCO[C@@H](/C=C/C(=O)NO)[C@@H](OC(=O)Nc1ccc(C(C)=O)cc1)c1ccc(OCCO)cc1. The number of carbonyl (C=O) groups is 3. The van der Waals surface area contributed by atoms with Crippen LogP contribution in [0.4, 0.5) is 10.5 Å². The monoisotopic (exact) mass is 472 g/mol. The molecule has 4 N–H and O–H groups in total. The van der Waals surface area contributed by atoms with Crippen molar-refractivity contribution in [2.24, 2.45) is 0 Å². The number of aliphatic hydroxyl groups excluding tert-OH is 1. The van der Waals surface area contributed by atoms with Gasteiger partial charge < -0.3 is 19.3 Å². The van der Waals surface area contributed by atoms with Gasteiger partial charge in [0.05, 0.1) is 6.61 Å². The van der Waals surface area contributed by atoms with Crippen LogP contribution in [0.2, 0.25) is 0 Å². The highest BCUT2D eigenvalue weighted by molar-refractivity contribution is 5.95. The fraction of sp³-hybridized carbons (Fsp3) is 0.292. The molecule has 2 aromatic rings. The van der Waals surface area contributed by atoms with Gasteiger partial charge in [0.2, 0.25) is 0 Å². The molecule has 0 fully saturated rings. The molecule has 0 aliphatic heterocycles. The third-order valence-corrected chi connectivity index (χ3v) is 4.55. The number of ketones is 1. The van der Waals surface area contributed by atoms with Crippen molar-refractivity contribution in [3.8, 4) is 5.75 Å². The summed E-state index contributed by atoms with van der Waals surface area (Å²) in [5.41, 5.74) is 2.96. The van der Waals surface area contributed by atoms with E-state index < -0.39 is 24.2 Å². The van der Waals surface area contributed by atoms with E-state index in [0.29, 0.717) is 22.6 Å². The molecule has 0 radical (unpaired) electrons. The first-order chi connectivity index (χ1) is 16.4. The van der Waals surface area contributed by atoms with Crippen molar-refractivity contribution in [3.05, 3.63) is 71.8 Å². The number of ether oxygens (including phenoxy) is 3. The van der Waals surface area contributed by atoms with Crippen molar-refractivity contribution in [3.63, 3.8) is 0 Å². The van der Waals surface area contributed by atoms with Crippen molar-refractivity contribution < 1.29 is 38.9 Å². The van der Waals surface area contributed by atoms with E-state index in [-0.39, 0.29) is 25.6 Å². The van der Waals surface area contributed by atoms with E-state index in [4.69, 9.17) is 24.5 Å². The highest BCUT2D eigenvalue weighted by Gasteiger charge is 2.26. The fourth-order valence-electron chi connectivity index (χ4n) is 2.95. The summed E-state index contributed by atoms with van der Waals surface area (Å²) in [5, 5.41) is 20.3. The van der Waals surface area contributed by atoms with Gasteiger partial charge >= 0.3 is 6.09 Å². The van der Waals surface area contributed by atoms with Gasteiger partial charge in [-0.25, -0.2) is 10.3 Å². The smallest absolute Gasteiger partial charge is 0.412 e. The molecule has 2 amide bonds. The van der Waals surface area contributed by atoms with Crippen molar-refractivity contribution in [1.29, 1.82) is 0 Å². The Balaban J connectivity index is 2.27. The van der Waals surface area contributed by atoms with Gasteiger partial charge in [-0.05, 0) is 61.9 Å². The summed E-state index contributed by atoms with van der Waals surface area (Å²) in [4.78, 5) is 35.6. The van der Waals surface area contributed by atoms with Crippen LogP contribution in [-0.2, 0) is 14.3 Å². The Morgan fingerprint density at radius 3 is 2.29 bits per heavy atom. The lowest BCUT2D eigenvalue weighted by Crippen LogP contribution is -2.28. The number of hydroxylamine groups is 1. The summed E-state index contributed by atoms with van der Waals surface area (Å²) in [5.74, 6) is -0.361. The molecule has 34 heavy (non-hydrogen) atoms. The van der Waals surface area contributed by atoms with Gasteiger partial charge in [-0.2, -0.15) is 0 Å². The Hall–Kier alpha value is -3.73. The van der Waals surface area contributed by atoms with Crippen LogP contribution in [0.3, 0.4) is 0 Å². The molecule has 2 atom stereocenters. The summed E-state index contributed by atoms with van der Waals surface area (Å²) in [7, 11) is 0. The first-order valence-corrected chi connectivity index (χ1v) is 10.5. The lowest BCUT2D eigenvalue weighted by atomic mass is 10.0. The molecular weight excluding hydrogens is 444 g/mol. The van der Waals surface area contributed by atoms with E-state index in [1.165, 1.54) is 18.5 Å². The molecule has 2 aromatic carbocycles. The maximum Gasteiger partial charge on any atom is 0.412 e. The van der Waals surface area contributed by atoms with Crippen molar-refractivity contribution in [1.82, 2.24) is 5.48 Å². The van der Waals surface area contributed by atoms with Gasteiger partial charge in [-0.3, -0.25) is 20.1 Å². The molecular formula is C24H28N2O8. The Bertz CT molecular complexity index is 973. The van der Waals surface area contributed by atoms with Gasteiger partial charge in [-0.15, -0.1) is 0 Å². The molecule has 0 bridgehead atoms. The van der Waals surface area contributed by atoms with E-state index in [0.717, 1.165) is 6.08 Å². The second-order valence-electron chi connectivity index (χ2n) is 6.98. The number of carbonyl (C=O) groups excluding carboxylic acids is 3. The largest absolute Gasteiger partial charge is 0.491 e. The second kappa shape index (κ2) is 13.7. The lowest BCUT2D eigenvalue weighted by molar-refractivity contribution is -0.124. The van der Waals surface area contributed by atoms with Crippen LogP contribution in [0.15, 0.2) is 60.7 Å². The standard InChI is InChI=1S/C24H28N2O8/c1-3-32-21(12-13-22(29)26-31)23(18-6-10-20(11-7-18)33-15-14-27)34-24(30)25-19-8-4-17(5-9-19)16(2)28/h4-13,21,23,27,31H,3,14-15H2,1-2H3,(H,25,30)(H,26,29)/b13-12+/t21-,23-/m0/s1. The number of hydrogen-bond acceptors (Lipinski definition) is 8. The third kappa shape index (κ3) is 8.32. The molecule has 0 aliphatic rings. The zero-order chi connectivity index (χ0) is 24.9. The molecule has 0 aliphatic carbocycles. The number of anilines is 1. The van der Waals surface area contributed by atoms with E-state index in [2.05, 4.69) is 5.32 Å². The van der Waals surface area contributed by atoms with Gasteiger partial charge in [0.1, 0.15) is 18.5 Å². The van der Waals surface area contributed by atoms with Gasteiger partial charge in [0.15, 0.2) is 11.9 Å². The van der Waals surface area contributed by atoms with Crippen LogP contribution < -0.4 is 15.5 Å². The Morgan fingerprint density at radius 2 is 1.74 bits per heavy atom. The van der Waals surface area contributed by atoms with Crippen molar-refractivity contribution in [2.45, 2.75) is 26.1 Å². The minimum Gasteiger partial charge on any atom is -0.491 e. The summed E-state index contributed by atoms with van der Waals surface area (Å²) in [6.07, 6.45) is -0.187. The number of amides is 2. The van der Waals surface area contributed by atoms with Crippen LogP contribution in [-0.4, -0.2) is 54.0 Å². The van der Waals surface area contributed by atoms with Gasteiger partial charge in [0.25, 0.3) is 5.91 Å². The first-order valence-electron chi connectivity index (χ1n) is 10.5. The fourth-order valence-corrected chi connectivity index (χ4v) is 2.95. The summed E-state index contributed by atoms with van der Waals surface area (Å²) in [6, 6.07) is 12.9. The molecule has 10 nitrogen and oxygen atoms in total. The Labute approximate surface area is 197 Å². The minimum atomic E-state index is -0.967. The molecule has 0 aromatic heterocycles. The van der Waals surface area contributed by atoms with Crippen molar-refractivity contribution in [2.75, 3.05) is 25.1 Å². The van der Waals surface area contributed by atoms with Crippen molar-refractivity contribution >= 4 is 23.5 Å². The molecule has 182 valence electrons. The van der Waals surface area contributed by atoms with Crippen LogP contribution in [0, 0.1) is 0 Å². The Morgan fingerprint density at radius 1 is 1.06 bits per heavy atom.